The highest BCUT2D eigenvalue weighted by molar-refractivity contribution is 14.1. The fraction of sp³-hybridized carbons (Fsp3) is 0.455. The lowest BCUT2D eigenvalue weighted by molar-refractivity contribution is 0.744. The minimum atomic E-state index is 1.09. The van der Waals surface area contributed by atoms with Gasteiger partial charge in [-0.3, -0.25) is 0 Å². The summed E-state index contributed by atoms with van der Waals surface area (Å²) in [5.41, 5.74) is 1.23. The maximum atomic E-state index is 3.40. The molecule has 0 saturated carbocycles. The van der Waals surface area contributed by atoms with Crippen molar-refractivity contribution in [3.8, 4) is 0 Å². The third-order valence-corrected chi connectivity index (χ3v) is 2.67. The molecule has 0 bridgehead atoms. The Kier molecular flexibility index (Phi) is 5.20. The van der Waals surface area contributed by atoms with E-state index in [2.05, 4.69) is 59.1 Å². The Hall–Kier alpha value is -0.250. The maximum Gasteiger partial charge on any atom is 0.0340 e. The van der Waals surface area contributed by atoms with E-state index in [1.165, 1.54) is 28.5 Å². The molecule has 0 aliphatic heterocycles. The third kappa shape index (κ3) is 4.50. The molecule has 0 radical (unpaired) electrons. The molecular formula is C11H16IN. The average Bonchev–Trinajstić information content (AvgIpc) is 2.15. The lowest BCUT2D eigenvalue weighted by Gasteiger charge is -2.05. The topological polar surface area (TPSA) is 12.0 Å². The predicted molar refractivity (Wildman–Crippen MR) is 67.2 cm³/mol. The fourth-order valence-corrected chi connectivity index (χ4v) is 1.54. The van der Waals surface area contributed by atoms with Crippen LogP contribution in [0.2, 0.25) is 0 Å². The molecular weight excluding hydrogens is 273 g/mol. The molecule has 0 spiro atoms. The van der Waals surface area contributed by atoms with Gasteiger partial charge in [-0.1, -0.05) is 19.8 Å². The number of hydrogen-bond donors (Lipinski definition) is 1. The maximum absolute atomic E-state index is 3.40. The van der Waals surface area contributed by atoms with Crippen molar-refractivity contribution in [2.75, 3.05) is 11.9 Å². The van der Waals surface area contributed by atoms with Crippen LogP contribution in [0.3, 0.4) is 0 Å². The van der Waals surface area contributed by atoms with Crippen LogP contribution in [0.5, 0.6) is 0 Å². The van der Waals surface area contributed by atoms with Gasteiger partial charge in [0.1, 0.15) is 0 Å². The summed E-state index contributed by atoms with van der Waals surface area (Å²) in [5, 5.41) is 3.40. The monoisotopic (exact) mass is 289 g/mol. The molecule has 1 aromatic rings. The minimum absolute atomic E-state index is 1.09. The lowest BCUT2D eigenvalue weighted by Crippen LogP contribution is -2.00. The van der Waals surface area contributed by atoms with Crippen LogP contribution < -0.4 is 5.32 Å². The molecule has 0 aliphatic rings. The number of nitrogens with one attached hydrogen (secondary N) is 1. The Balaban J connectivity index is 2.25. The second kappa shape index (κ2) is 6.24. The number of anilines is 1. The summed E-state index contributed by atoms with van der Waals surface area (Å²) >= 11 is 2.32. The van der Waals surface area contributed by atoms with Gasteiger partial charge in [0.05, 0.1) is 0 Å². The number of hydrogen-bond acceptors (Lipinski definition) is 1. The second-order valence-corrected chi connectivity index (χ2v) is 4.39. The van der Waals surface area contributed by atoms with Crippen molar-refractivity contribution in [3.05, 3.63) is 27.8 Å². The van der Waals surface area contributed by atoms with Crippen LogP contribution >= 0.6 is 22.6 Å². The van der Waals surface area contributed by atoms with Gasteiger partial charge in [-0.05, 0) is 53.3 Å². The first-order chi connectivity index (χ1) is 6.33. The van der Waals surface area contributed by atoms with Crippen molar-refractivity contribution < 1.29 is 0 Å². The highest BCUT2D eigenvalue weighted by atomic mass is 127. The van der Waals surface area contributed by atoms with Crippen LogP contribution in [-0.2, 0) is 0 Å². The van der Waals surface area contributed by atoms with Crippen molar-refractivity contribution in [2.45, 2.75) is 26.2 Å². The van der Waals surface area contributed by atoms with Gasteiger partial charge in [0.2, 0.25) is 0 Å². The highest BCUT2D eigenvalue weighted by Crippen LogP contribution is 2.11. The zero-order chi connectivity index (χ0) is 9.52. The van der Waals surface area contributed by atoms with Crippen molar-refractivity contribution in [2.24, 2.45) is 0 Å². The molecule has 1 rings (SSSR count). The summed E-state index contributed by atoms with van der Waals surface area (Å²) in [6.07, 6.45) is 3.87. The van der Waals surface area contributed by atoms with Crippen LogP contribution in [0.15, 0.2) is 24.3 Å². The fourth-order valence-electron chi connectivity index (χ4n) is 1.18. The predicted octanol–water partition coefficient (Wildman–Crippen LogP) is 3.89. The lowest BCUT2D eigenvalue weighted by atomic mass is 10.2. The van der Waals surface area contributed by atoms with Gasteiger partial charge in [-0.25, -0.2) is 0 Å². The van der Waals surface area contributed by atoms with E-state index in [4.69, 9.17) is 0 Å². The first-order valence-corrected chi connectivity index (χ1v) is 5.90. The molecule has 0 aromatic heterocycles. The van der Waals surface area contributed by atoms with Crippen LogP contribution in [0.4, 0.5) is 5.69 Å². The van der Waals surface area contributed by atoms with Crippen molar-refractivity contribution in [1.82, 2.24) is 0 Å². The molecule has 0 aliphatic carbocycles. The van der Waals surface area contributed by atoms with Gasteiger partial charge in [0, 0.05) is 15.8 Å². The summed E-state index contributed by atoms with van der Waals surface area (Å²) in [6, 6.07) is 8.52. The number of rotatable bonds is 5. The molecule has 1 nitrogen and oxygen atoms in total. The molecule has 0 saturated heterocycles. The van der Waals surface area contributed by atoms with Gasteiger partial charge in [0.25, 0.3) is 0 Å². The average molecular weight is 289 g/mol. The standard InChI is InChI=1S/C11H16IN/c1-2-3-4-9-13-11-7-5-10(12)6-8-11/h5-8,13H,2-4,9H2,1H3. The van der Waals surface area contributed by atoms with Gasteiger partial charge in [-0.2, -0.15) is 0 Å². The van der Waals surface area contributed by atoms with Crippen LogP contribution in [0.1, 0.15) is 26.2 Å². The quantitative estimate of drug-likeness (QED) is 0.640. The number of halogens is 1. The molecule has 1 N–H and O–H groups in total. The van der Waals surface area contributed by atoms with E-state index >= 15 is 0 Å². The van der Waals surface area contributed by atoms with E-state index < -0.39 is 0 Å². The molecule has 0 amide bonds. The van der Waals surface area contributed by atoms with Crippen LogP contribution in [0.25, 0.3) is 0 Å². The Morgan fingerprint density at radius 3 is 2.46 bits per heavy atom. The molecule has 0 unspecified atom stereocenters. The summed E-state index contributed by atoms with van der Waals surface area (Å²) in [7, 11) is 0. The summed E-state index contributed by atoms with van der Waals surface area (Å²) in [5.74, 6) is 0. The molecule has 1 aromatic carbocycles. The zero-order valence-electron chi connectivity index (χ0n) is 8.02. The Labute approximate surface area is 94.1 Å². The van der Waals surface area contributed by atoms with E-state index in [-0.39, 0.29) is 0 Å². The first kappa shape index (κ1) is 10.8. The third-order valence-electron chi connectivity index (χ3n) is 1.95. The van der Waals surface area contributed by atoms with Gasteiger partial charge < -0.3 is 5.32 Å². The largest absolute Gasteiger partial charge is 0.385 e. The van der Waals surface area contributed by atoms with Crippen molar-refractivity contribution in [3.63, 3.8) is 0 Å². The first-order valence-electron chi connectivity index (χ1n) is 4.82. The summed E-state index contributed by atoms with van der Waals surface area (Å²) < 4.78 is 1.29. The zero-order valence-corrected chi connectivity index (χ0v) is 10.2. The Morgan fingerprint density at radius 2 is 1.85 bits per heavy atom. The molecule has 2 heteroatoms. The molecule has 72 valence electrons. The number of unbranched alkanes of at least 4 members (excludes halogenated alkanes) is 2. The second-order valence-electron chi connectivity index (χ2n) is 3.14. The van der Waals surface area contributed by atoms with Crippen molar-refractivity contribution >= 4 is 28.3 Å². The van der Waals surface area contributed by atoms with Gasteiger partial charge in [-0.15, -0.1) is 0 Å². The SMILES string of the molecule is CCCCCNc1ccc(I)cc1. The highest BCUT2D eigenvalue weighted by Gasteiger charge is 1.90. The van der Waals surface area contributed by atoms with E-state index in [0.29, 0.717) is 0 Å². The molecule has 0 atom stereocenters. The van der Waals surface area contributed by atoms with E-state index in [1.807, 2.05) is 0 Å². The van der Waals surface area contributed by atoms with E-state index in [9.17, 15) is 0 Å². The van der Waals surface area contributed by atoms with E-state index in [1.54, 1.807) is 0 Å². The Morgan fingerprint density at radius 1 is 1.15 bits per heavy atom. The molecule has 0 heterocycles. The minimum Gasteiger partial charge on any atom is -0.385 e. The smallest absolute Gasteiger partial charge is 0.0340 e. The summed E-state index contributed by atoms with van der Waals surface area (Å²) in [4.78, 5) is 0. The van der Waals surface area contributed by atoms with E-state index in [0.717, 1.165) is 6.54 Å². The number of benzene rings is 1. The normalized spacial score (nSPS) is 10.0. The van der Waals surface area contributed by atoms with Crippen molar-refractivity contribution in [1.29, 1.82) is 0 Å². The van der Waals surface area contributed by atoms with Crippen LogP contribution in [0, 0.1) is 3.57 Å². The summed E-state index contributed by atoms with van der Waals surface area (Å²) in [6.45, 7) is 3.32. The Bertz CT molecular complexity index is 230. The van der Waals surface area contributed by atoms with Gasteiger partial charge >= 0.3 is 0 Å². The molecule has 0 fully saturated rings. The van der Waals surface area contributed by atoms with Gasteiger partial charge in [0.15, 0.2) is 0 Å². The van der Waals surface area contributed by atoms with Crippen LogP contribution in [-0.4, -0.2) is 6.54 Å². The molecule has 13 heavy (non-hydrogen) atoms.